The summed E-state index contributed by atoms with van der Waals surface area (Å²) in [4.78, 5) is 26.4. The van der Waals surface area contributed by atoms with Crippen LogP contribution in [0.5, 0.6) is 0 Å². The Hall–Kier alpha value is -1.63. The second-order valence-electron chi connectivity index (χ2n) is 7.39. The lowest BCUT2D eigenvalue weighted by molar-refractivity contribution is -0.124. The number of rotatable bonds is 4. The van der Waals surface area contributed by atoms with Crippen molar-refractivity contribution in [3.8, 4) is 0 Å². The number of hydrogen-bond donors (Lipinski definition) is 2. The highest BCUT2D eigenvalue weighted by atomic mass is 79.9. The molecule has 1 heterocycles. The molecular formula is C17H22BrN3O3. The summed E-state index contributed by atoms with van der Waals surface area (Å²) in [5.74, 6) is -0.371. The van der Waals surface area contributed by atoms with E-state index in [2.05, 4.69) is 52.2 Å². The van der Waals surface area contributed by atoms with Gasteiger partial charge in [-0.3, -0.25) is 4.79 Å². The van der Waals surface area contributed by atoms with E-state index in [0.717, 1.165) is 23.0 Å². The van der Waals surface area contributed by atoms with E-state index >= 15 is 0 Å². The predicted octanol–water partition coefficient (Wildman–Crippen LogP) is 3.25. The molecule has 6 nitrogen and oxygen atoms in total. The fourth-order valence-corrected chi connectivity index (χ4v) is 4.30. The van der Waals surface area contributed by atoms with Crippen LogP contribution in [0.1, 0.15) is 50.5 Å². The average Bonchev–Trinajstić information content (AvgIpc) is 3.11. The summed E-state index contributed by atoms with van der Waals surface area (Å²) in [6.07, 6.45) is 4.89. The Morgan fingerprint density at radius 2 is 2.21 bits per heavy atom. The molecule has 7 heteroatoms. The molecule has 130 valence electrons. The molecule has 2 bridgehead atoms. The van der Waals surface area contributed by atoms with E-state index in [1.54, 1.807) is 12.3 Å². The number of carbonyl (C=O) groups is 2. The fraction of sp³-hybridized carbons (Fsp3) is 0.588. The lowest BCUT2D eigenvalue weighted by atomic mass is 9.70. The zero-order valence-corrected chi connectivity index (χ0v) is 15.7. The van der Waals surface area contributed by atoms with Crippen molar-refractivity contribution in [2.24, 2.45) is 21.8 Å². The largest absolute Gasteiger partial charge is 0.451 e. The normalized spacial score (nSPS) is 29.0. The molecule has 0 aromatic carbocycles. The summed E-state index contributed by atoms with van der Waals surface area (Å²) >= 11 is 3.24. The van der Waals surface area contributed by atoms with Gasteiger partial charge >= 0.3 is 5.97 Å². The number of H-pyrrole nitrogens is 1. The average molecular weight is 396 g/mol. The Labute approximate surface area is 149 Å². The highest BCUT2D eigenvalue weighted by molar-refractivity contribution is 9.10. The number of carbonyl (C=O) groups excluding carboxylic acids is 2. The fourth-order valence-electron chi connectivity index (χ4n) is 3.95. The maximum atomic E-state index is 11.9. The van der Waals surface area contributed by atoms with Crippen LogP contribution in [0.2, 0.25) is 0 Å². The molecule has 0 unspecified atom stereocenters. The maximum Gasteiger partial charge on any atom is 0.355 e. The number of aromatic amines is 1. The van der Waals surface area contributed by atoms with E-state index in [9.17, 15) is 9.59 Å². The van der Waals surface area contributed by atoms with Crippen LogP contribution in [0, 0.1) is 16.7 Å². The van der Waals surface area contributed by atoms with E-state index < -0.39 is 11.9 Å². The molecule has 0 spiro atoms. The first-order valence-corrected chi connectivity index (χ1v) is 8.90. The van der Waals surface area contributed by atoms with Crippen molar-refractivity contribution in [1.82, 2.24) is 10.4 Å². The van der Waals surface area contributed by atoms with Crippen molar-refractivity contribution in [2.75, 3.05) is 6.61 Å². The van der Waals surface area contributed by atoms with E-state index in [1.165, 1.54) is 6.42 Å². The van der Waals surface area contributed by atoms with Gasteiger partial charge in [0.15, 0.2) is 6.61 Å². The molecule has 2 atom stereocenters. The molecule has 0 aliphatic heterocycles. The van der Waals surface area contributed by atoms with Crippen LogP contribution in [0.15, 0.2) is 21.8 Å². The van der Waals surface area contributed by atoms with Gasteiger partial charge < -0.3 is 9.72 Å². The Bertz CT molecular complexity index is 710. The minimum absolute atomic E-state index is 0.0398. The van der Waals surface area contributed by atoms with Gasteiger partial charge in [-0.15, -0.1) is 0 Å². The molecule has 2 aliphatic carbocycles. The van der Waals surface area contributed by atoms with Gasteiger partial charge in [0.1, 0.15) is 5.69 Å². The topological polar surface area (TPSA) is 83.5 Å². The first-order valence-electron chi connectivity index (χ1n) is 8.11. The molecule has 0 saturated heterocycles. The minimum atomic E-state index is -0.573. The number of amides is 1. The highest BCUT2D eigenvalue weighted by Gasteiger charge is 2.59. The van der Waals surface area contributed by atoms with Gasteiger partial charge in [0.2, 0.25) is 0 Å². The molecule has 0 radical (unpaired) electrons. The third-order valence-corrected chi connectivity index (χ3v) is 6.49. The van der Waals surface area contributed by atoms with Gasteiger partial charge in [-0.2, -0.15) is 5.10 Å². The first kappa shape index (κ1) is 17.2. The van der Waals surface area contributed by atoms with Gasteiger partial charge in [-0.05, 0) is 52.6 Å². The lowest BCUT2D eigenvalue weighted by Crippen LogP contribution is -2.34. The standard InChI is InChI=1S/C17H22BrN3O3/c1-16(2)10-4-5-17(16,3)13(6-10)20-21-14(22)9-24-15(23)12-7-11(18)8-19-12/h7-8,10,19H,4-6,9H2,1-3H3,(H,21,22)/t10-,17+/m0/s1. The van der Waals surface area contributed by atoms with Gasteiger partial charge in [0.05, 0.1) is 0 Å². The zero-order valence-electron chi connectivity index (χ0n) is 14.1. The predicted molar refractivity (Wildman–Crippen MR) is 93.6 cm³/mol. The number of ether oxygens (including phenoxy) is 1. The SMILES string of the molecule is CC1(C)[C@H]2CC[C@]1(C)C(=NNC(=O)COC(=O)c1cc(Br)c[nH]1)C2. The molecule has 1 amide bonds. The van der Waals surface area contributed by atoms with Crippen molar-refractivity contribution in [3.05, 3.63) is 22.4 Å². The van der Waals surface area contributed by atoms with Gasteiger partial charge in [0, 0.05) is 21.8 Å². The summed E-state index contributed by atoms with van der Waals surface area (Å²) < 4.78 is 5.72. The van der Waals surface area contributed by atoms with Gasteiger partial charge in [0.25, 0.3) is 5.91 Å². The van der Waals surface area contributed by atoms with Crippen molar-refractivity contribution in [1.29, 1.82) is 0 Å². The van der Waals surface area contributed by atoms with Crippen LogP contribution >= 0.6 is 15.9 Å². The van der Waals surface area contributed by atoms with E-state index in [-0.39, 0.29) is 17.4 Å². The first-order chi connectivity index (χ1) is 11.2. The van der Waals surface area contributed by atoms with Crippen molar-refractivity contribution < 1.29 is 14.3 Å². The molecular weight excluding hydrogens is 374 g/mol. The third kappa shape index (κ3) is 2.79. The van der Waals surface area contributed by atoms with Crippen LogP contribution in [0.25, 0.3) is 0 Å². The van der Waals surface area contributed by atoms with Crippen molar-refractivity contribution in [3.63, 3.8) is 0 Å². The van der Waals surface area contributed by atoms with E-state index in [0.29, 0.717) is 11.6 Å². The van der Waals surface area contributed by atoms with Crippen LogP contribution in [0.4, 0.5) is 0 Å². The van der Waals surface area contributed by atoms with Crippen LogP contribution in [-0.2, 0) is 9.53 Å². The second-order valence-corrected chi connectivity index (χ2v) is 8.31. The molecule has 3 rings (SSSR count). The number of fused-ring (bicyclic) bond motifs is 2. The second kappa shape index (κ2) is 6.02. The Balaban J connectivity index is 1.54. The Morgan fingerprint density at radius 3 is 2.75 bits per heavy atom. The van der Waals surface area contributed by atoms with Gasteiger partial charge in [-0.1, -0.05) is 20.8 Å². The number of hydrogen-bond acceptors (Lipinski definition) is 4. The number of esters is 1. The molecule has 2 fully saturated rings. The number of hydrazone groups is 1. The number of aromatic nitrogens is 1. The Kier molecular flexibility index (Phi) is 4.32. The monoisotopic (exact) mass is 395 g/mol. The highest BCUT2D eigenvalue weighted by Crippen LogP contribution is 2.63. The lowest BCUT2D eigenvalue weighted by Gasteiger charge is -2.34. The summed E-state index contributed by atoms with van der Waals surface area (Å²) in [7, 11) is 0. The summed E-state index contributed by atoms with van der Waals surface area (Å²) in [5.41, 5.74) is 4.14. The van der Waals surface area contributed by atoms with Crippen LogP contribution in [-0.4, -0.2) is 29.2 Å². The summed E-state index contributed by atoms with van der Waals surface area (Å²) in [5, 5.41) is 4.34. The smallest absolute Gasteiger partial charge is 0.355 e. The summed E-state index contributed by atoms with van der Waals surface area (Å²) in [6.45, 7) is 6.44. The van der Waals surface area contributed by atoms with Gasteiger partial charge in [-0.25, -0.2) is 10.2 Å². The molecule has 2 aliphatic rings. The number of nitrogens with zero attached hydrogens (tertiary/aromatic N) is 1. The third-order valence-electron chi connectivity index (χ3n) is 6.03. The molecule has 1 aromatic rings. The minimum Gasteiger partial charge on any atom is -0.451 e. The number of nitrogens with one attached hydrogen (secondary N) is 2. The summed E-state index contributed by atoms with van der Waals surface area (Å²) in [6, 6.07) is 1.60. The molecule has 1 aromatic heterocycles. The van der Waals surface area contributed by atoms with Crippen LogP contribution < -0.4 is 5.43 Å². The van der Waals surface area contributed by atoms with E-state index in [4.69, 9.17) is 4.74 Å². The quantitative estimate of drug-likeness (QED) is 0.605. The Morgan fingerprint density at radius 1 is 1.46 bits per heavy atom. The maximum absolute atomic E-state index is 11.9. The molecule has 2 N–H and O–H groups in total. The zero-order chi connectivity index (χ0) is 17.5. The van der Waals surface area contributed by atoms with Crippen molar-refractivity contribution in [2.45, 2.75) is 40.0 Å². The number of halogens is 1. The van der Waals surface area contributed by atoms with Crippen molar-refractivity contribution >= 4 is 33.5 Å². The molecule has 24 heavy (non-hydrogen) atoms. The molecule has 2 saturated carbocycles. The van der Waals surface area contributed by atoms with Crippen LogP contribution in [0.3, 0.4) is 0 Å². The van der Waals surface area contributed by atoms with E-state index in [1.807, 2.05) is 0 Å².